The summed E-state index contributed by atoms with van der Waals surface area (Å²) in [4.78, 5) is 0. The number of fused-ring (bicyclic) bond motifs is 3. The van der Waals surface area contributed by atoms with E-state index in [-0.39, 0.29) is 0 Å². The third kappa shape index (κ3) is 2.28. The largest absolute Gasteiger partial charge is 0.493 e. The van der Waals surface area contributed by atoms with Gasteiger partial charge in [0.05, 0.1) is 25.5 Å². The highest BCUT2D eigenvalue weighted by Gasteiger charge is 2.28. The molecule has 0 aliphatic carbocycles. The van der Waals surface area contributed by atoms with E-state index in [1.807, 2.05) is 30.3 Å². The topological polar surface area (TPSA) is 47.2 Å². The van der Waals surface area contributed by atoms with E-state index in [4.69, 9.17) is 9.47 Å². The molecule has 0 saturated carbocycles. The zero-order chi connectivity index (χ0) is 18.3. The van der Waals surface area contributed by atoms with Gasteiger partial charge in [-0.1, -0.05) is 30.3 Å². The van der Waals surface area contributed by atoms with E-state index in [0.29, 0.717) is 5.75 Å². The van der Waals surface area contributed by atoms with Crippen LogP contribution in [0.2, 0.25) is 0 Å². The second-order valence-corrected chi connectivity index (χ2v) is 6.43. The number of nitriles is 1. The van der Waals surface area contributed by atoms with Gasteiger partial charge in [-0.2, -0.15) is 5.26 Å². The first-order chi connectivity index (χ1) is 12.7. The lowest BCUT2D eigenvalue weighted by Gasteiger charge is -2.22. The van der Waals surface area contributed by atoms with Gasteiger partial charge in [0, 0.05) is 23.4 Å². The molecule has 3 aromatic rings. The summed E-state index contributed by atoms with van der Waals surface area (Å²) in [5.41, 5.74) is 7.16. The van der Waals surface area contributed by atoms with E-state index in [2.05, 4.69) is 29.7 Å². The van der Waals surface area contributed by atoms with Crippen LogP contribution < -0.4 is 9.47 Å². The van der Waals surface area contributed by atoms with Crippen molar-refractivity contribution in [1.29, 1.82) is 5.26 Å². The molecular formula is C22H20N2O2. The standard InChI is InChI=1S/C22H20N2O2/c1-14-21(15-7-5-4-6-8-15)18(13-23)22-17-12-20(26-3)19(25-2)11-16(17)9-10-24(14)22/h4-8,11-12H,9-10H2,1-3H3. The number of benzene rings is 2. The van der Waals surface area contributed by atoms with Crippen molar-refractivity contribution < 1.29 is 9.47 Å². The van der Waals surface area contributed by atoms with Gasteiger partial charge in [0.25, 0.3) is 0 Å². The minimum absolute atomic E-state index is 0.684. The van der Waals surface area contributed by atoms with Crippen molar-refractivity contribution in [1.82, 2.24) is 4.57 Å². The van der Waals surface area contributed by atoms with Crippen molar-refractivity contribution in [3.8, 4) is 40.0 Å². The molecule has 1 aromatic heterocycles. The Kier molecular flexibility index (Phi) is 3.93. The van der Waals surface area contributed by atoms with Gasteiger partial charge in [0.15, 0.2) is 11.5 Å². The molecule has 2 aromatic carbocycles. The highest BCUT2D eigenvalue weighted by Crippen LogP contribution is 2.44. The lowest BCUT2D eigenvalue weighted by molar-refractivity contribution is 0.354. The molecule has 0 radical (unpaired) electrons. The first-order valence-electron chi connectivity index (χ1n) is 8.63. The van der Waals surface area contributed by atoms with Crippen molar-refractivity contribution in [2.24, 2.45) is 0 Å². The predicted octanol–water partition coefficient (Wildman–Crippen LogP) is 4.58. The number of rotatable bonds is 3. The number of methoxy groups -OCH3 is 2. The number of hydrogen-bond donors (Lipinski definition) is 0. The zero-order valence-electron chi connectivity index (χ0n) is 15.2. The molecule has 0 fully saturated rings. The Morgan fingerprint density at radius 3 is 2.38 bits per heavy atom. The van der Waals surface area contributed by atoms with Crippen LogP contribution in [0.1, 0.15) is 16.8 Å². The maximum atomic E-state index is 9.98. The van der Waals surface area contributed by atoms with Crippen LogP contribution >= 0.6 is 0 Å². The molecular weight excluding hydrogens is 324 g/mol. The molecule has 0 amide bonds. The average Bonchev–Trinajstić information content (AvgIpc) is 2.99. The van der Waals surface area contributed by atoms with Crippen LogP contribution in [0, 0.1) is 18.3 Å². The van der Waals surface area contributed by atoms with Gasteiger partial charge in [-0.15, -0.1) is 0 Å². The summed E-state index contributed by atoms with van der Waals surface area (Å²) < 4.78 is 13.2. The van der Waals surface area contributed by atoms with E-state index < -0.39 is 0 Å². The van der Waals surface area contributed by atoms with Gasteiger partial charge in [0.2, 0.25) is 0 Å². The number of ether oxygens (including phenoxy) is 2. The van der Waals surface area contributed by atoms with Crippen LogP contribution in [0.15, 0.2) is 42.5 Å². The van der Waals surface area contributed by atoms with Gasteiger partial charge < -0.3 is 14.0 Å². The van der Waals surface area contributed by atoms with E-state index in [1.165, 1.54) is 5.56 Å². The van der Waals surface area contributed by atoms with Crippen molar-refractivity contribution in [2.45, 2.75) is 19.9 Å². The summed E-state index contributed by atoms with van der Waals surface area (Å²) in [5, 5.41) is 9.98. The summed E-state index contributed by atoms with van der Waals surface area (Å²) in [5.74, 6) is 1.41. The lowest BCUT2D eigenvalue weighted by atomic mass is 9.94. The van der Waals surface area contributed by atoms with Gasteiger partial charge in [-0.3, -0.25) is 0 Å². The maximum absolute atomic E-state index is 9.98. The molecule has 2 heterocycles. The minimum Gasteiger partial charge on any atom is -0.493 e. The van der Waals surface area contributed by atoms with Crippen LogP contribution in [-0.2, 0) is 13.0 Å². The summed E-state index contributed by atoms with van der Waals surface area (Å²) in [7, 11) is 3.28. The van der Waals surface area contributed by atoms with Crippen LogP contribution in [0.4, 0.5) is 0 Å². The van der Waals surface area contributed by atoms with Crippen molar-refractivity contribution in [3.63, 3.8) is 0 Å². The number of nitrogens with zero attached hydrogens (tertiary/aromatic N) is 2. The molecule has 26 heavy (non-hydrogen) atoms. The molecule has 0 bridgehead atoms. The highest BCUT2D eigenvalue weighted by atomic mass is 16.5. The number of aromatic nitrogens is 1. The number of hydrogen-bond acceptors (Lipinski definition) is 3. The second kappa shape index (κ2) is 6.27. The Labute approximate surface area is 153 Å². The second-order valence-electron chi connectivity index (χ2n) is 6.43. The minimum atomic E-state index is 0.684. The fourth-order valence-electron chi connectivity index (χ4n) is 3.94. The van der Waals surface area contributed by atoms with Crippen molar-refractivity contribution in [2.75, 3.05) is 14.2 Å². The average molecular weight is 344 g/mol. The Morgan fingerprint density at radius 2 is 1.73 bits per heavy atom. The highest BCUT2D eigenvalue weighted by molar-refractivity contribution is 5.86. The SMILES string of the molecule is COc1cc2c(cc1OC)-c1c(C#N)c(-c3ccccc3)c(C)n1CC2. The molecule has 0 atom stereocenters. The monoisotopic (exact) mass is 344 g/mol. The molecule has 4 nitrogen and oxygen atoms in total. The normalized spacial score (nSPS) is 12.1. The van der Waals surface area contributed by atoms with Crippen molar-refractivity contribution in [3.05, 3.63) is 59.3 Å². The molecule has 130 valence electrons. The van der Waals surface area contributed by atoms with Gasteiger partial charge in [-0.25, -0.2) is 0 Å². The lowest BCUT2D eigenvalue weighted by Crippen LogP contribution is -2.12. The Morgan fingerprint density at radius 1 is 1.04 bits per heavy atom. The predicted molar refractivity (Wildman–Crippen MR) is 102 cm³/mol. The van der Waals surface area contributed by atoms with E-state index in [9.17, 15) is 5.26 Å². The van der Waals surface area contributed by atoms with Gasteiger partial charge >= 0.3 is 0 Å². The van der Waals surface area contributed by atoms with E-state index >= 15 is 0 Å². The molecule has 1 aliphatic rings. The van der Waals surface area contributed by atoms with Crippen LogP contribution in [0.25, 0.3) is 22.4 Å². The molecule has 0 N–H and O–H groups in total. The quantitative estimate of drug-likeness (QED) is 0.699. The van der Waals surface area contributed by atoms with Crippen LogP contribution in [-0.4, -0.2) is 18.8 Å². The fraction of sp³-hybridized carbons (Fsp3) is 0.227. The van der Waals surface area contributed by atoms with Gasteiger partial charge in [-0.05, 0) is 36.6 Å². The fourth-order valence-corrected chi connectivity index (χ4v) is 3.94. The molecule has 4 heteroatoms. The summed E-state index contributed by atoms with van der Waals surface area (Å²) in [6.45, 7) is 2.95. The van der Waals surface area contributed by atoms with Crippen LogP contribution in [0.5, 0.6) is 11.5 Å². The maximum Gasteiger partial charge on any atom is 0.161 e. The smallest absolute Gasteiger partial charge is 0.161 e. The first-order valence-corrected chi connectivity index (χ1v) is 8.63. The molecule has 4 rings (SSSR count). The zero-order valence-corrected chi connectivity index (χ0v) is 15.2. The van der Waals surface area contributed by atoms with E-state index in [0.717, 1.165) is 52.4 Å². The third-order valence-electron chi connectivity index (χ3n) is 5.17. The summed E-state index contributed by atoms with van der Waals surface area (Å²) >= 11 is 0. The van der Waals surface area contributed by atoms with E-state index in [1.54, 1.807) is 14.2 Å². The Balaban J connectivity index is 2.02. The van der Waals surface area contributed by atoms with Crippen molar-refractivity contribution >= 4 is 0 Å². The molecule has 0 spiro atoms. The Bertz CT molecular complexity index is 1030. The molecule has 0 unspecified atom stereocenters. The van der Waals surface area contributed by atoms with Crippen LogP contribution in [0.3, 0.4) is 0 Å². The van der Waals surface area contributed by atoms with Gasteiger partial charge in [0.1, 0.15) is 6.07 Å². The summed E-state index contributed by atoms with van der Waals surface area (Å²) in [6, 6.07) is 16.6. The summed E-state index contributed by atoms with van der Waals surface area (Å²) in [6.07, 6.45) is 0.900. The molecule has 1 aliphatic heterocycles. The third-order valence-corrected chi connectivity index (χ3v) is 5.17. The number of aryl methyl sites for hydroxylation is 1. The first kappa shape index (κ1) is 16.3. The molecule has 0 saturated heterocycles. The Hall–Kier alpha value is -3.19.